The van der Waals surface area contributed by atoms with Crippen LogP contribution in [0, 0.1) is 5.41 Å². The van der Waals surface area contributed by atoms with Gasteiger partial charge in [0.25, 0.3) is 0 Å². The molecule has 0 aliphatic heterocycles. The first kappa shape index (κ1) is 16.0. The highest BCUT2D eigenvalue weighted by molar-refractivity contribution is 5.74. The molecule has 0 heterocycles. The zero-order chi connectivity index (χ0) is 13.5. The molecule has 0 rings (SSSR count). The Morgan fingerprint density at radius 3 is 2.35 bits per heavy atom. The first-order valence-corrected chi connectivity index (χ1v) is 6.16. The Hall–Kier alpha value is -1.03. The molecule has 1 N–H and O–H groups in total. The van der Waals surface area contributed by atoms with Gasteiger partial charge in [-0.2, -0.15) is 4.89 Å². The van der Waals surface area contributed by atoms with Crippen LogP contribution in [-0.2, 0) is 14.6 Å². The van der Waals surface area contributed by atoms with Crippen LogP contribution in [0.1, 0.15) is 53.4 Å². The SMILES string of the molecule is C=C(CC)OOC(CCC)C(C)(CC)C(=O)O. The minimum atomic E-state index is -0.927. The van der Waals surface area contributed by atoms with E-state index in [1.807, 2.05) is 20.8 Å². The third kappa shape index (κ3) is 4.38. The van der Waals surface area contributed by atoms with Crippen molar-refractivity contribution in [3.8, 4) is 0 Å². The lowest BCUT2D eigenvalue weighted by Crippen LogP contribution is -2.41. The fourth-order valence-corrected chi connectivity index (χ4v) is 1.44. The van der Waals surface area contributed by atoms with Crippen LogP contribution in [0.4, 0.5) is 0 Å². The zero-order valence-corrected chi connectivity index (χ0v) is 11.3. The van der Waals surface area contributed by atoms with Gasteiger partial charge >= 0.3 is 5.97 Å². The number of hydrogen-bond donors (Lipinski definition) is 1. The second-order valence-electron chi connectivity index (χ2n) is 4.43. The second-order valence-corrected chi connectivity index (χ2v) is 4.43. The summed E-state index contributed by atoms with van der Waals surface area (Å²) in [4.78, 5) is 21.6. The van der Waals surface area contributed by atoms with Crippen molar-refractivity contribution in [3.63, 3.8) is 0 Å². The van der Waals surface area contributed by atoms with E-state index in [1.165, 1.54) is 0 Å². The van der Waals surface area contributed by atoms with Gasteiger partial charge in [0.2, 0.25) is 0 Å². The first-order chi connectivity index (χ1) is 7.92. The van der Waals surface area contributed by atoms with Gasteiger partial charge in [-0.1, -0.05) is 33.8 Å². The van der Waals surface area contributed by atoms with E-state index in [9.17, 15) is 9.90 Å². The summed E-state index contributed by atoms with van der Waals surface area (Å²) in [5, 5.41) is 9.29. The van der Waals surface area contributed by atoms with E-state index in [2.05, 4.69) is 6.58 Å². The minimum absolute atomic E-state index is 0.460. The molecule has 2 atom stereocenters. The number of allylic oxidation sites excluding steroid dienone is 1. The van der Waals surface area contributed by atoms with Gasteiger partial charge in [0, 0.05) is 6.42 Å². The lowest BCUT2D eigenvalue weighted by Gasteiger charge is -2.31. The number of carboxylic acid groups (broad SMARTS) is 1. The zero-order valence-electron chi connectivity index (χ0n) is 11.3. The van der Waals surface area contributed by atoms with Crippen LogP contribution in [0.15, 0.2) is 12.3 Å². The van der Waals surface area contributed by atoms with Gasteiger partial charge in [0.1, 0.15) is 11.9 Å². The number of hydrogen-bond acceptors (Lipinski definition) is 3. The molecule has 0 spiro atoms. The summed E-state index contributed by atoms with van der Waals surface area (Å²) in [5.74, 6) is -0.348. The van der Waals surface area contributed by atoms with Gasteiger partial charge in [-0.25, -0.2) is 0 Å². The van der Waals surface area contributed by atoms with Crippen LogP contribution < -0.4 is 0 Å². The molecule has 0 aromatic carbocycles. The summed E-state index contributed by atoms with van der Waals surface area (Å²) in [7, 11) is 0. The average Bonchev–Trinajstić information content (AvgIpc) is 2.32. The molecule has 0 aromatic heterocycles. The van der Waals surface area contributed by atoms with Gasteiger partial charge in [-0.15, -0.1) is 0 Å². The van der Waals surface area contributed by atoms with Crippen molar-refractivity contribution in [2.24, 2.45) is 5.41 Å². The Labute approximate surface area is 104 Å². The molecule has 0 bridgehead atoms. The lowest BCUT2D eigenvalue weighted by molar-refractivity contribution is -0.317. The second kappa shape index (κ2) is 7.33. The van der Waals surface area contributed by atoms with Gasteiger partial charge in [0.15, 0.2) is 0 Å². The van der Waals surface area contributed by atoms with Crippen molar-refractivity contribution >= 4 is 5.97 Å². The molecule has 100 valence electrons. The molecule has 0 fully saturated rings. The number of carbonyl (C=O) groups is 1. The maximum Gasteiger partial charge on any atom is 0.312 e. The van der Waals surface area contributed by atoms with E-state index in [0.717, 1.165) is 6.42 Å². The third-order valence-corrected chi connectivity index (χ3v) is 3.16. The lowest BCUT2D eigenvalue weighted by atomic mass is 9.80. The number of rotatable bonds is 9. The molecule has 4 heteroatoms. The first-order valence-electron chi connectivity index (χ1n) is 6.16. The van der Waals surface area contributed by atoms with Gasteiger partial charge in [-0.3, -0.25) is 4.79 Å². The predicted octanol–water partition coefficient (Wildman–Crippen LogP) is 3.53. The number of aliphatic carboxylic acids is 1. The molecule has 0 aromatic rings. The molecule has 0 aliphatic rings. The quantitative estimate of drug-likeness (QED) is 0.383. The Morgan fingerprint density at radius 2 is 2.00 bits per heavy atom. The highest BCUT2D eigenvalue weighted by atomic mass is 17.2. The molecule has 0 saturated heterocycles. The van der Waals surface area contributed by atoms with Crippen LogP contribution in [0.3, 0.4) is 0 Å². The van der Waals surface area contributed by atoms with Crippen molar-refractivity contribution in [2.75, 3.05) is 0 Å². The van der Waals surface area contributed by atoms with E-state index in [-0.39, 0.29) is 0 Å². The molecular formula is C13H24O4. The van der Waals surface area contributed by atoms with E-state index >= 15 is 0 Å². The van der Waals surface area contributed by atoms with Gasteiger partial charge < -0.3 is 9.99 Å². The van der Waals surface area contributed by atoms with Gasteiger partial charge in [-0.05, 0) is 19.8 Å². The molecule has 0 aliphatic carbocycles. The van der Waals surface area contributed by atoms with Crippen LogP contribution >= 0.6 is 0 Å². The monoisotopic (exact) mass is 244 g/mol. The fraction of sp³-hybridized carbons (Fsp3) is 0.769. The Kier molecular flexibility index (Phi) is 6.88. The predicted molar refractivity (Wildman–Crippen MR) is 66.3 cm³/mol. The largest absolute Gasteiger partial charge is 0.481 e. The molecule has 2 unspecified atom stereocenters. The van der Waals surface area contributed by atoms with E-state index in [0.29, 0.717) is 25.0 Å². The summed E-state index contributed by atoms with van der Waals surface area (Å²) in [6, 6.07) is 0. The topological polar surface area (TPSA) is 55.8 Å². The molecular weight excluding hydrogens is 220 g/mol. The maximum atomic E-state index is 11.3. The molecule has 4 nitrogen and oxygen atoms in total. The highest BCUT2D eigenvalue weighted by Crippen LogP contribution is 2.32. The standard InChI is InChI=1S/C13H24O4/c1-6-9-11(17-16-10(4)7-2)13(5,8-3)12(14)15/h11H,4,6-9H2,1-3,5H3,(H,14,15). The molecule has 0 radical (unpaired) electrons. The normalized spacial score (nSPS) is 16.0. The van der Waals surface area contributed by atoms with Crippen molar-refractivity contribution in [2.45, 2.75) is 59.5 Å². The summed E-state index contributed by atoms with van der Waals surface area (Å²) in [6.07, 6.45) is 2.17. The summed E-state index contributed by atoms with van der Waals surface area (Å²) in [6.45, 7) is 11.1. The molecule has 0 amide bonds. The van der Waals surface area contributed by atoms with Crippen LogP contribution in [0.5, 0.6) is 0 Å². The Morgan fingerprint density at radius 1 is 1.41 bits per heavy atom. The van der Waals surface area contributed by atoms with Crippen molar-refractivity contribution < 1.29 is 19.7 Å². The third-order valence-electron chi connectivity index (χ3n) is 3.16. The maximum absolute atomic E-state index is 11.3. The van der Waals surface area contributed by atoms with E-state index in [1.54, 1.807) is 6.92 Å². The Bertz CT molecular complexity index is 262. The van der Waals surface area contributed by atoms with Crippen LogP contribution in [0.2, 0.25) is 0 Å². The minimum Gasteiger partial charge on any atom is -0.481 e. The van der Waals surface area contributed by atoms with Crippen molar-refractivity contribution in [1.82, 2.24) is 0 Å². The van der Waals surface area contributed by atoms with Crippen LogP contribution in [-0.4, -0.2) is 17.2 Å². The highest BCUT2D eigenvalue weighted by Gasteiger charge is 2.41. The summed E-state index contributed by atoms with van der Waals surface area (Å²) < 4.78 is 0. The number of carboxylic acids is 1. The van der Waals surface area contributed by atoms with Crippen molar-refractivity contribution in [1.29, 1.82) is 0 Å². The molecule has 0 saturated carbocycles. The average molecular weight is 244 g/mol. The fourth-order valence-electron chi connectivity index (χ4n) is 1.44. The van der Waals surface area contributed by atoms with E-state index in [4.69, 9.17) is 9.78 Å². The van der Waals surface area contributed by atoms with Crippen molar-refractivity contribution in [3.05, 3.63) is 12.3 Å². The van der Waals surface area contributed by atoms with E-state index < -0.39 is 17.5 Å². The van der Waals surface area contributed by atoms with Crippen LogP contribution in [0.25, 0.3) is 0 Å². The molecule has 17 heavy (non-hydrogen) atoms. The smallest absolute Gasteiger partial charge is 0.312 e. The summed E-state index contributed by atoms with van der Waals surface area (Å²) >= 11 is 0. The van der Waals surface area contributed by atoms with Gasteiger partial charge in [0.05, 0.1) is 5.41 Å². The Balaban J connectivity index is 4.69. The summed E-state index contributed by atoms with van der Waals surface area (Å²) in [5.41, 5.74) is -0.927.